The summed E-state index contributed by atoms with van der Waals surface area (Å²) in [5.74, 6) is 0.607. The summed E-state index contributed by atoms with van der Waals surface area (Å²) in [6.45, 7) is 15.2. The predicted molar refractivity (Wildman–Crippen MR) is 165 cm³/mol. The van der Waals surface area contributed by atoms with E-state index in [2.05, 4.69) is 33.9 Å². The Hall–Kier alpha value is -2.00. The van der Waals surface area contributed by atoms with Gasteiger partial charge in [-0.1, -0.05) is 82.3 Å². The highest BCUT2D eigenvalue weighted by Crippen LogP contribution is 2.36. The van der Waals surface area contributed by atoms with Gasteiger partial charge in [-0.25, -0.2) is 0 Å². The van der Waals surface area contributed by atoms with E-state index in [9.17, 15) is 10.2 Å². The Morgan fingerprint density at radius 2 is 1.55 bits per heavy atom. The molecular weight excluding hydrogens is 520 g/mol. The van der Waals surface area contributed by atoms with Gasteiger partial charge in [0.15, 0.2) is 8.32 Å². The van der Waals surface area contributed by atoms with Crippen LogP contribution in [0.2, 0.25) is 18.1 Å². The summed E-state index contributed by atoms with van der Waals surface area (Å²) < 4.78 is 23.7. The Morgan fingerprint density at radius 1 is 0.900 bits per heavy atom. The second-order valence-electron chi connectivity index (χ2n) is 12.1. The highest BCUT2D eigenvalue weighted by atomic mass is 28.4. The smallest absolute Gasteiger partial charge is 0.191 e. The number of methoxy groups -OCH3 is 1. The largest absolute Gasteiger partial charge is 0.497 e. The van der Waals surface area contributed by atoms with Crippen molar-refractivity contribution in [1.29, 1.82) is 0 Å². The van der Waals surface area contributed by atoms with Crippen LogP contribution in [0.1, 0.15) is 58.1 Å². The molecule has 0 aliphatic carbocycles. The molecule has 2 aromatic carbocycles. The average molecular weight is 573 g/mol. The van der Waals surface area contributed by atoms with Gasteiger partial charge in [0.05, 0.1) is 38.6 Å². The standard InChI is InChI=1S/C33H52O6Si/c1-26(31(35)23-29(34)15-11-12-21-39-40(6,7)33(2,3)4)32(20-22-37-24-27-13-9-8-10-14-27)38-25-28-16-18-30(36-5)19-17-28/h8-11,13-19,26,29,31-32,34-35H,12,20-25H2,1-7H3/b15-11+/t26-,29-,31+,32-/m1/s1. The quantitative estimate of drug-likeness (QED) is 0.115. The lowest BCUT2D eigenvalue weighted by atomic mass is 9.92. The number of rotatable bonds is 18. The summed E-state index contributed by atoms with van der Waals surface area (Å²) in [5, 5.41) is 21.8. The lowest BCUT2D eigenvalue weighted by molar-refractivity contribution is -0.0615. The molecule has 4 atom stereocenters. The molecule has 224 valence electrons. The summed E-state index contributed by atoms with van der Waals surface area (Å²) in [6.07, 6.45) is 3.64. The molecular formula is C33H52O6Si. The summed E-state index contributed by atoms with van der Waals surface area (Å²) in [7, 11) is -0.128. The third-order valence-electron chi connectivity index (χ3n) is 7.87. The van der Waals surface area contributed by atoms with Gasteiger partial charge >= 0.3 is 0 Å². The van der Waals surface area contributed by atoms with Gasteiger partial charge < -0.3 is 28.8 Å². The number of benzene rings is 2. The molecule has 0 fully saturated rings. The first kappa shape index (κ1) is 34.2. The third kappa shape index (κ3) is 12.2. The average Bonchev–Trinajstić information content (AvgIpc) is 2.92. The van der Waals surface area contributed by atoms with Crippen LogP contribution in [-0.4, -0.2) is 57.2 Å². The SMILES string of the molecule is COc1ccc(CO[C@H](CCOCc2ccccc2)[C@H](C)[C@@H](O)C[C@H](O)/C=C/CCO[Si](C)(C)C(C)(C)C)cc1. The van der Waals surface area contributed by atoms with Crippen molar-refractivity contribution in [3.63, 3.8) is 0 Å². The molecule has 0 bridgehead atoms. The molecule has 0 unspecified atom stereocenters. The first-order chi connectivity index (χ1) is 18.9. The van der Waals surface area contributed by atoms with Crippen molar-refractivity contribution in [3.8, 4) is 5.75 Å². The summed E-state index contributed by atoms with van der Waals surface area (Å²) in [5.41, 5.74) is 2.15. The van der Waals surface area contributed by atoms with Gasteiger partial charge in [-0.15, -0.1) is 0 Å². The zero-order chi connectivity index (χ0) is 29.6. The van der Waals surface area contributed by atoms with Gasteiger partial charge in [-0.2, -0.15) is 0 Å². The van der Waals surface area contributed by atoms with Gasteiger partial charge in [-0.3, -0.25) is 0 Å². The minimum atomic E-state index is -1.77. The van der Waals surface area contributed by atoms with Gasteiger partial charge in [-0.05, 0) is 54.2 Å². The number of hydrogen-bond acceptors (Lipinski definition) is 6. The van der Waals surface area contributed by atoms with E-state index >= 15 is 0 Å². The van der Waals surface area contributed by atoms with E-state index in [0.29, 0.717) is 32.8 Å². The molecule has 0 radical (unpaired) electrons. The second kappa shape index (κ2) is 17.1. The van der Waals surface area contributed by atoms with Crippen molar-refractivity contribution in [2.75, 3.05) is 20.3 Å². The highest BCUT2D eigenvalue weighted by Gasteiger charge is 2.36. The van der Waals surface area contributed by atoms with Crippen LogP contribution >= 0.6 is 0 Å². The molecule has 0 spiro atoms. The van der Waals surface area contributed by atoms with Crippen LogP contribution in [0.15, 0.2) is 66.7 Å². The third-order valence-corrected chi connectivity index (χ3v) is 12.4. The lowest BCUT2D eigenvalue weighted by Crippen LogP contribution is -2.40. The Bertz CT molecular complexity index is 971. The predicted octanol–water partition coefficient (Wildman–Crippen LogP) is 6.90. The van der Waals surface area contributed by atoms with Crippen molar-refractivity contribution in [2.45, 2.75) is 96.6 Å². The van der Waals surface area contributed by atoms with Crippen molar-refractivity contribution in [1.82, 2.24) is 0 Å². The van der Waals surface area contributed by atoms with Crippen LogP contribution < -0.4 is 4.74 Å². The Labute approximate surface area is 243 Å². The summed E-state index contributed by atoms with van der Waals surface area (Å²) in [4.78, 5) is 0. The first-order valence-corrected chi connectivity index (χ1v) is 17.4. The molecule has 40 heavy (non-hydrogen) atoms. The maximum Gasteiger partial charge on any atom is 0.191 e. The van der Waals surface area contributed by atoms with E-state index in [1.165, 1.54) is 0 Å². The molecule has 6 nitrogen and oxygen atoms in total. The van der Waals surface area contributed by atoms with E-state index in [1.54, 1.807) is 13.2 Å². The first-order valence-electron chi connectivity index (χ1n) is 14.5. The second-order valence-corrected chi connectivity index (χ2v) is 16.9. The van der Waals surface area contributed by atoms with Crippen molar-refractivity contribution in [2.24, 2.45) is 5.92 Å². The molecule has 0 aromatic heterocycles. The maximum atomic E-state index is 11.0. The van der Waals surface area contributed by atoms with E-state index in [-0.39, 0.29) is 23.5 Å². The number of hydrogen-bond donors (Lipinski definition) is 2. The van der Waals surface area contributed by atoms with E-state index in [0.717, 1.165) is 23.3 Å². The zero-order valence-electron chi connectivity index (χ0n) is 25.6. The van der Waals surface area contributed by atoms with E-state index in [4.69, 9.17) is 18.6 Å². The molecule has 0 amide bonds. The highest BCUT2D eigenvalue weighted by molar-refractivity contribution is 6.74. The van der Waals surface area contributed by atoms with E-state index < -0.39 is 20.5 Å². The fourth-order valence-corrected chi connectivity index (χ4v) is 5.09. The van der Waals surface area contributed by atoms with Gasteiger partial charge in [0.2, 0.25) is 0 Å². The van der Waals surface area contributed by atoms with Gasteiger partial charge in [0, 0.05) is 25.6 Å². The van der Waals surface area contributed by atoms with Crippen LogP contribution in [0.4, 0.5) is 0 Å². The zero-order valence-corrected chi connectivity index (χ0v) is 26.6. The number of aliphatic hydroxyl groups excluding tert-OH is 2. The fraction of sp³-hybridized carbons (Fsp3) is 0.576. The summed E-state index contributed by atoms with van der Waals surface area (Å²) in [6, 6.07) is 17.8. The van der Waals surface area contributed by atoms with Crippen molar-refractivity contribution >= 4 is 8.32 Å². The molecule has 0 saturated heterocycles. The van der Waals surface area contributed by atoms with Gasteiger partial charge in [0.25, 0.3) is 0 Å². The fourth-order valence-electron chi connectivity index (χ4n) is 4.03. The Balaban J connectivity index is 1.88. The Kier molecular flexibility index (Phi) is 14.6. The topological polar surface area (TPSA) is 77.4 Å². The van der Waals surface area contributed by atoms with Crippen LogP contribution in [0, 0.1) is 5.92 Å². The van der Waals surface area contributed by atoms with Crippen LogP contribution in [-0.2, 0) is 27.1 Å². The minimum absolute atomic E-state index is 0.176. The summed E-state index contributed by atoms with van der Waals surface area (Å²) >= 11 is 0. The van der Waals surface area contributed by atoms with Gasteiger partial charge in [0.1, 0.15) is 5.75 Å². The number of aliphatic hydroxyl groups is 2. The van der Waals surface area contributed by atoms with E-state index in [1.807, 2.05) is 67.6 Å². The Morgan fingerprint density at radius 3 is 2.17 bits per heavy atom. The molecule has 2 rings (SSSR count). The normalized spacial score (nSPS) is 15.6. The minimum Gasteiger partial charge on any atom is -0.497 e. The van der Waals surface area contributed by atoms with Crippen molar-refractivity contribution in [3.05, 3.63) is 77.9 Å². The maximum absolute atomic E-state index is 11.0. The molecule has 0 saturated carbocycles. The number of ether oxygens (including phenoxy) is 3. The van der Waals surface area contributed by atoms with Crippen molar-refractivity contribution < 1.29 is 28.8 Å². The van der Waals surface area contributed by atoms with Crippen LogP contribution in [0.25, 0.3) is 0 Å². The molecule has 0 aliphatic heterocycles. The molecule has 0 aliphatic rings. The molecule has 2 N–H and O–H groups in total. The molecule has 2 aromatic rings. The van der Waals surface area contributed by atoms with Crippen LogP contribution in [0.5, 0.6) is 5.75 Å². The monoisotopic (exact) mass is 572 g/mol. The van der Waals surface area contributed by atoms with Crippen LogP contribution in [0.3, 0.4) is 0 Å². The molecule has 0 heterocycles. The lowest BCUT2D eigenvalue weighted by Gasteiger charge is -2.36. The molecule has 7 heteroatoms.